The fourth-order valence-corrected chi connectivity index (χ4v) is 7.53. The summed E-state index contributed by atoms with van der Waals surface area (Å²) in [5, 5.41) is 6.32. The van der Waals surface area contributed by atoms with E-state index in [-0.39, 0.29) is 11.0 Å². The SMILES string of the molecule is Clc1cncc(Cl)c1-c1noc(C2CC2)c1COC12CCC(COc3ccc4nccc(OCC5COC5)c4c3)(CC1)CC2. The molecule has 5 fully saturated rings. The van der Waals surface area contributed by atoms with Crippen LogP contribution in [0.25, 0.3) is 22.2 Å². The number of hydrogen-bond acceptors (Lipinski definition) is 8. The summed E-state index contributed by atoms with van der Waals surface area (Å²) in [5.41, 5.74) is 3.23. The third kappa shape index (κ3) is 5.44. The van der Waals surface area contributed by atoms with Crippen LogP contribution in [-0.2, 0) is 16.1 Å². The van der Waals surface area contributed by atoms with E-state index in [1.54, 1.807) is 18.6 Å². The average molecular weight is 637 g/mol. The number of aromatic nitrogens is 3. The highest BCUT2D eigenvalue weighted by Gasteiger charge is 2.50. The van der Waals surface area contributed by atoms with Gasteiger partial charge in [-0.2, -0.15) is 0 Å². The summed E-state index contributed by atoms with van der Waals surface area (Å²) >= 11 is 13.0. The van der Waals surface area contributed by atoms with Gasteiger partial charge >= 0.3 is 0 Å². The molecule has 0 atom stereocenters. The van der Waals surface area contributed by atoms with Gasteiger partial charge in [-0.15, -0.1) is 0 Å². The van der Waals surface area contributed by atoms with Crippen LogP contribution in [-0.4, -0.2) is 47.2 Å². The Bertz CT molecular complexity index is 1640. The second kappa shape index (κ2) is 11.5. The summed E-state index contributed by atoms with van der Waals surface area (Å²) in [7, 11) is 0. The molecule has 10 heteroatoms. The lowest BCUT2D eigenvalue weighted by atomic mass is 9.59. The first kappa shape index (κ1) is 28.6. The fourth-order valence-electron chi connectivity index (χ4n) is 6.99. The Balaban J connectivity index is 0.926. The number of fused-ring (bicyclic) bond motifs is 4. The maximum Gasteiger partial charge on any atom is 0.145 e. The largest absolute Gasteiger partial charge is 0.493 e. The Labute approximate surface area is 266 Å². The van der Waals surface area contributed by atoms with Crippen molar-refractivity contribution in [3.05, 3.63) is 64.2 Å². The molecule has 8 nitrogen and oxygen atoms in total. The lowest BCUT2D eigenvalue weighted by Gasteiger charge is -2.52. The van der Waals surface area contributed by atoms with E-state index in [0.717, 1.165) is 98.3 Å². The highest BCUT2D eigenvalue weighted by atomic mass is 35.5. The second-order valence-corrected chi connectivity index (χ2v) is 13.9. The van der Waals surface area contributed by atoms with Crippen molar-refractivity contribution < 1.29 is 23.5 Å². The maximum atomic E-state index is 6.81. The van der Waals surface area contributed by atoms with Crippen LogP contribution in [0.3, 0.4) is 0 Å². The van der Waals surface area contributed by atoms with Crippen LogP contribution >= 0.6 is 23.2 Å². The lowest BCUT2D eigenvalue weighted by Crippen LogP contribution is -2.49. The molecule has 9 rings (SSSR count). The van der Waals surface area contributed by atoms with Crippen LogP contribution in [0, 0.1) is 11.3 Å². The van der Waals surface area contributed by atoms with Crippen molar-refractivity contribution in [2.24, 2.45) is 11.3 Å². The second-order valence-electron chi connectivity index (χ2n) is 13.1. The van der Waals surface area contributed by atoms with Gasteiger partial charge in [-0.1, -0.05) is 28.4 Å². The minimum Gasteiger partial charge on any atom is -0.493 e. The van der Waals surface area contributed by atoms with Crippen LogP contribution in [0.4, 0.5) is 0 Å². The lowest BCUT2D eigenvalue weighted by molar-refractivity contribution is -0.150. The molecular formula is C34H35Cl2N3O5. The van der Waals surface area contributed by atoms with E-state index in [2.05, 4.69) is 21.2 Å². The van der Waals surface area contributed by atoms with Crippen LogP contribution in [0.15, 0.2) is 47.4 Å². The molecule has 230 valence electrons. The fraction of sp³-hybridized carbons (Fsp3) is 0.500. The van der Waals surface area contributed by atoms with E-state index in [4.69, 9.17) is 46.7 Å². The number of pyridine rings is 2. The molecule has 3 aromatic heterocycles. The normalized spacial score (nSPS) is 24.9. The number of nitrogens with zero attached hydrogens (tertiary/aromatic N) is 3. The summed E-state index contributed by atoms with van der Waals surface area (Å²) in [6.07, 6.45) is 13.5. The molecule has 0 amide bonds. The van der Waals surface area contributed by atoms with Crippen LogP contribution < -0.4 is 9.47 Å². The molecule has 44 heavy (non-hydrogen) atoms. The quantitative estimate of drug-likeness (QED) is 0.163. The summed E-state index contributed by atoms with van der Waals surface area (Å²) in [4.78, 5) is 8.63. The van der Waals surface area contributed by atoms with Crippen molar-refractivity contribution in [1.29, 1.82) is 0 Å². The first-order valence-electron chi connectivity index (χ1n) is 15.6. The first-order valence-corrected chi connectivity index (χ1v) is 16.4. The molecule has 5 aliphatic rings. The van der Waals surface area contributed by atoms with Crippen molar-refractivity contribution in [2.75, 3.05) is 26.4 Å². The molecule has 4 heterocycles. The Kier molecular flexibility index (Phi) is 7.44. The molecule has 4 aromatic rings. The number of rotatable bonds is 11. The van der Waals surface area contributed by atoms with Crippen molar-refractivity contribution in [1.82, 2.24) is 15.1 Å². The predicted octanol–water partition coefficient (Wildman–Crippen LogP) is 8.18. The van der Waals surface area contributed by atoms with E-state index < -0.39 is 0 Å². The zero-order valence-corrected chi connectivity index (χ0v) is 26.0. The van der Waals surface area contributed by atoms with E-state index in [0.29, 0.717) is 53.0 Å². The topological polar surface area (TPSA) is 88.7 Å². The Hall–Kier alpha value is -2.91. The molecule has 1 aliphatic heterocycles. The van der Waals surface area contributed by atoms with Gasteiger partial charge in [-0.3, -0.25) is 9.97 Å². The van der Waals surface area contributed by atoms with Crippen LogP contribution in [0.5, 0.6) is 11.5 Å². The van der Waals surface area contributed by atoms with E-state index in [9.17, 15) is 0 Å². The van der Waals surface area contributed by atoms with Gasteiger partial charge in [0.1, 0.15) is 23.0 Å². The van der Waals surface area contributed by atoms with Gasteiger partial charge in [0.25, 0.3) is 0 Å². The van der Waals surface area contributed by atoms with Gasteiger partial charge in [0, 0.05) is 52.4 Å². The van der Waals surface area contributed by atoms with Gasteiger partial charge < -0.3 is 23.5 Å². The van der Waals surface area contributed by atoms with Gasteiger partial charge in [-0.05, 0) is 75.6 Å². The Morgan fingerprint density at radius 3 is 2.41 bits per heavy atom. The molecule has 0 unspecified atom stereocenters. The van der Waals surface area contributed by atoms with Gasteiger partial charge in [0.2, 0.25) is 0 Å². The first-order chi connectivity index (χ1) is 21.5. The van der Waals surface area contributed by atoms with Crippen molar-refractivity contribution in [3.8, 4) is 22.8 Å². The standard InChI is InChI=1S/C34H35Cl2N3O5/c35-26-14-37-15-27(36)30(26)31-25(32(44-39-31)22-1-2-22)19-43-34-9-6-33(7-10-34,8-11-34)20-42-23-3-4-28-24(13-23)29(5-12-38-28)41-18-21-16-40-17-21/h3-5,12-15,21-22H,1-2,6-11,16-20H2. The minimum absolute atomic E-state index is 0.144. The molecule has 1 aromatic carbocycles. The summed E-state index contributed by atoms with van der Waals surface area (Å²) in [6.45, 7) is 3.33. The summed E-state index contributed by atoms with van der Waals surface area (Å²) in [5.74, 6) is 3.46. The van der Waals surface area contributed by atoms with E-state index >= 15 is 0 Å². The summed E-state index contributed by atoms with van der Waals surface area (Å²) < 4.78 is 30.6. The van der Waals surface area contributed by atoms with Gasteiger partial charge in [0.05, 0.1) is 54.2 Å². The van der Waals surface area contributed by atoms with E-state index in [1.807, 2.05) is 18.2 Å². The van der Waals surface area contributed by atoms with Gasteiger partial charge in [0.15, 0.2) is 0 Å². The summed E-state index contributed by atoms with van der Waals surface area (Å²) in [6, 6.07) is 8.04. The highest BCUT2D eigenvalue weighted by Crippen LogP contribution is 2.55. The molecule has 2 bridgehead atoms. The molecule has 0 spiro atoms. The predicted molar refractivity (Wildman–Crippen MR) is 166 cm³/mol. The number of hydrogen-bond donors (Lipinski definition) is 0. The van der Waals surface area contributed by atoms with Crippen molar-refractivity contribution >= 4 is 34.1 Å². The third-order valence-corrected chi connectivity index (χ3v) is 10.7. The monoisotopic (exact) mass is 635 g/mol. The molecule has 1 saturated heterocycles. The number of halogens is 2. The minimum atomic E-state index is -0.144. The van der Waals surface area contributed by atoms with Gasteiger partial charge in [-0.25, -0.2) is 0 Å². The van der Waals surface area contributed by atoms with E-state index in [1.165, 1.54) is 0 Å². The average Bonchev–Trinajstić information content (AvgIpc) is 3.79. The molecule has 0 radical (unpaired) electrons. The Morgan fingerprint density at radius 2 is 1.70 bits per heavy atom. The van der Waals surface area contributed by atoms with Crippen molar-refractivity contribution in [3.63, 3.8) is 0 Å². The van der Waals surface area contributed by atoms with Crippen molar-refractivity contribution in [2.45, 2.75) is 69.5 Å². The molecule has 4 aliphatic carbocycles. The third-order valence-electron chi connectivity index (χ3n) is 10.1. The molecule has 4 saturated carbocycles. The number of ether oxygens (including phenoxy) is 4. The van der Waals surface area contributed by atoms with Crippen LogP contribution in [0.1, 0.15) is 68.6 Å². The zero-order chi connectivity index (χ0) is 29.7. The highest BCUT2D eigenvalue weighted by molar-refractivity contribution is 6.38. The van der Waals surface area contributed by atoms with Crippen LogP contribution in [0.2, 0.25) is 10.0 Å². The molecule has 0 N–H and O–H groups in total. The maximum absolute atomic E-state index is 6.81. The Morgan fingerprint density at radius 1 is 0.932 bits per heavy atom. The zero-order valence-electron chi connectivity index (χ0n) is 24.5. The number of benzene rings is 1. The smallest absolute Gasteiger partial charge is 0.145 e. The molecular weight excluding hydrogens is 601 g/mol.